The van der Waals surface area contributed by atoms with Gasteiger partial charge in [0.05, 0.1) is 7.11 Å². The average molecular weight is 219 g/mol. The number of esters is 1. The number of aromatic nitrogens is 2. The molecule has 0 aliphatic rings. The lowest BCUT2D eigenvalue weighted by Gasteiger charge is -1.94. The van der Waals surface area contributed by atoms with Crippen molar-refractivity contribution in [2.45, 2.75) is 0 Å². The number of nitrogens with zero attached hydrogens (tertiary/aromatic N) is 2. The van der Waals surface area contributed by atoms with Crippen molar-refractivity contribution in [3.8, 4) is 11.4 Å². The van der Waals surface area contributed by atoms with Crippen LogP contribution in [0.4, 0.5) is 5.69 Å². The second-order valence-corrected chi connectivity index (χ2v) is 3.04. The van der Waals surface area contributed by atoms with Crippen LogP contribution in [0.1, 0.15) is 10.7 Å². The Balaban J connectivity index is 2.31. The predicted octanol–water partition coefficient (Wildman–Crippen LogP) is 1.11. The first-order chi connectivity index (χ1) is 7.70. The highest BCUT2D eigenvalue weighted by Gasteiger charge is 2.15. The third-order valence-corrected chi connectivity index (χ3v) is 1.95. The van der Waals surface area contributed by atoms with Gasteiger partial charge in [-0.3, -0.25) is 0 Å². The third kappa shape index (κ3) is 1.85. The van der Waals surface area contributed by atoms with E-state index in [-0.39, 0.29) is 5.89 Å². The number of nitrogen functional groups attached to an aromatic ring is 1. The number of hydrogen-bond acceptors (Lipinski definition) is 6. The molecule has 0 unspecified atom stereocenters. The van der Waals surface area contributed by atoms with Crippen molar-refractivity contribution in [1.82, 2.24) is 10.1 Å². The Morgan fingerprint density at radius 1 is 1.38 bits per heavy atom. The van der Waals surface area contributed by atoms with E-state index in [1.165, 1.54) is 7.11 Å². The standard InChI is InChI=1S/C10H9N3O3/c1-15-10(14)9-12-8(13-16-9)6-2-4-7(11)5-3-6/h2-5H,11H2,1H3. The van der Waals surface area contributed by atoms with Crippen LogP contribution in [0.2, 0.25) is 0 Å². The number of anilines is 1. The largest absolute Gasteiger partial charge is 0.462 e. The van der Waals surface area contributed by atoms with Crippen LogP contribution < -0.4 is 5.73 Å². The normalized spacial score (nSPS) is 10.1. The molecule has 0 aliphatic carbocycles. The Kier molecular flexibility index (Phi) is 2.55. The fourth-order valence-corrected chi connectivity index (χ4v) is 1.14. The Labute approximate surface area is 91.0 Å². The van der Waals surface area contributed by atoms with Crippen molar-refractivity contribution in [1.29, 1.82) is 0 Å². The molecular weight excluding hydrogens is 210 g/mol. The third-order valence-electron chi connectivity index (χ3n) is 1.95. The van der Waals surface area contributed by atoms with E-state index in [0.29, 0.717) is 17.1 Å². The molecule has 0 amide bonds. The summed E-state index contributed by atoms with van der Waals surface area (Å²) in [6.45, 7) is 0. The second kappa shape index (κ2) is 4.01. The molecule has 6 heteroatoms. The molecule has 0 atom stereocenters. The average Bonchev–Trinajstić information content (AvgIpc) is 2.78. The van der Waals surface area contributed by atoms with Gasteiger partial charge in [0.2, 0.25) is 5.82 Å². The SMILES string of the molecule is COC(=O)c1nc(-c2ccc(N)cc2)no1. The smallest absolute Gasteiger partial charge is 0.397 e. The lowest BCUT2D eigenvalue weighted by atomic mass is 10.2. The summed E-state index contributed by atoms with van der Waals surface area (Å²) in [4.78, 5) is 15.0. The topological polar surface area (TPSA) is 91.2 Å². The highest BCUT2D eigenvalue weighted by Crippen LogP contribution is 2.17. The minimum atomic E-state index is -0.658. The molecule has 0 spiro atoms. The molecule has 0 bridgehead atoms. The number of methoxy groups -OCH3 is 1. The molecule has 1 aromatic carbocycles. The molecule has 0 saturated carbocycles. The van der Waals surface area contributed by atoms with Gasteiger partial charge in [0.25, 0.3) is 0 Å². The molecule has 0 aliphatic heterocycles. The summed E-state index contributed by atoms with van der Waals surface area (Å²) >= 11 is 0. The maximum atomic E-state index is 11.1. The molecule has 0 fully saturated rings. The first-order valence-corrected chi connectivity index (χ1v) is 4.48. The highest BCUT2D eigenvalue weighted by atomic mass is 16.6. The summed E-state index contributed by atoms with van der Waals surface area (Å²) in [5.41, 5.74) is 6.90. The van der Waals surface area contributed by atoms with Gasteiger partial charge in [-0.05, 0) is 24.3 Å². The van der Waals surface area contributed by atoms with Crippen molar-refractivity contribution < 1.29 is 14.1 Å². The van der Waals surface area contributed by atoms with Gasteiger partial charge in [-0.15, -0.1) is 0 Å². The summed E-state index contributed by atoms with van der Waals surface area (Å²) in [6, 6.07) is 6.90. The van der Waals surface area contributed by atoms with Gasteiger partial charge in [-0.2, -0.15) is 4.98 Å². The van der Waals surface area contributed by atoms with Crippen molar-refractivity contribution in [3.05, 3.63) is 30.2 Å². The Morgan fingerprint density at radius 3 is 2.69 bits per heavy atom. The first kappa shape index (κ1) is 10.2. The maximum Gasteiger partial charge on any atom is 0.397 e. The molecule has 16 heavy (non-hydrogen) atoms. The molecule has 1 heterocycles. The van der Waals surface area contributed by atoms with Crippen LogP contribution in [-0.2, 0) is 4.74 Å². The molecule has 0 saturated heterocycles. The van der Waals surface area contributed by atoms with Crippen LogP contribution in [0.3, 0.4) is 0 Å². The molecule has 2 N–H and O–H groups in total. The van der Waals surface area contributed by atoms with Crippen LogP contribution in [-0.4, -0.2) is 23.2 Å². The second-order valence-electron chi connectivity index (χ2n) is 3.04. The van der Waals surface area contributed by atoms with E-state index in [1.54, 1.807) is 24.3 Å². The molecule has 1 aromatic heterocycles. The zero-order valence-electron chi connectivity index (χ0n) is 8.51. The van der Waals surface area contributed by atoms with Gasteiger partial charge in [-0.1, -0.05) is 5.16 Å². The fourth-order valence-electron chi connectivity index (χ4n) is 1.14. The first-order valence-electron chi connectivity index (χ1n) is 4.48. The van der Waals surface area contributed by atoms with Crippen molar-refractivity contribution in [2.75, 3.05) is 12.8 Å². The van der Waals surface area contributed by atoms with Gasteiger partial charge >= 0.3 is 11.9 Å². The van der Waals surface area contributed by atoms with E-state index in [9.17, 15) is 4.79 Å². The fraction of sp³-hybridized carbons (Fsp3) is 0.100. The summed E-state index contributed by atoms with van der Waals surface area (Å²) < 4.78 is 9.18. The molecule has 82 valence electrons. The van der Waals surface area contributed by atoms with Crippen molar-refractivity contribution >= 4 is 11.7 Å². The van der Waals surface area contributed by atoms with E-state index < -0.39 is 5.97 Å². The predicted molar refractivity (Wildman–Crippen MR) is 55.5 cm³/mol. The number of nitrogens with two attached hydrogens (primary N) is 1. The number of ether oxygens (including phenoxy) is 1. The van der Waals surface area contributed by atoms with Crippen LogP contribution in [0.25, 0.3) is 11.4 Å². The van der Waals surface area contributed by atoms with E-state index in [0.717, 1.165) is 0 Å². The minimum absolute atomic E-state index is 0.172. The number of rotatable bonds is 2. The summed E-state index contributed by atoms with van der Waals surface area (Å²) in [7, 11) is 1.25. The number of carbonyl (C=O) groups is 1. The van der Waals surface area contributed by atoms with Gasteiger partial charge in [0, 0.05) is 11.3 Å². The van der Waals surface area contributed by atoms with Crippen LogP contribution in [0, 0.1) is 0 Å². The van der Waals surface area contributed by atoms with Gasteiger partial charge < -0.3 is 15.0 Å². The quantitative estimate of drug-likeness (QED) is 0.600. The lowest BCUT2D eigenvalue weighted by Crippen LogP contribution is -2.00. The summed E-state index contributed by atoms with van der Waals surface area (Å²) in [6.07, 6.45) is 0. The summed E-state index contributed by atoms with van der Waals surface area (Å²) in [5, 5.41) is 3.66. The van der Waals surface area contributed by atoms with E-state index >= 15 is 0 Å². The van der Waals surface area contributed by atoms with Crippen molar-refractivity contribution in [3.63, 3.8) is 0 Å². The van der Waals surface area contributed by atoms with Crippen LogP contribution >= 0.6 is 0 Å². The number of hydrogen-bond donors (Lipinski definition) is 1. The molecule has 2 aromatic rings. The maximum absolute atomic E-state index is 11.1. The monoisotopic (exact) mass is 219 g/mol. The highest BCUT2D eigenvalue weighted by molar-refractivity contribution is 5.84. The Morgan fingerprint density at radius 2 is 2.06 bits per heavy atom. The lowest BCUT2D eigenvalue weighted by molar-refractivity contribution is 0.0545. The number of carbonyl (C=O) groups excluding carboxylic acids is 1. The van der Waals surface area contributed by atoms with Crippen molar-refractivity contribution in [2.24, 2.45) is 0 Å². The molecule has 0 radical (unpaired) electrons. The van der Waals surface area contributed by atoms with E-state index in [4.69, 9.17) is 10.3 Å². The molecule has 6 nitrogen and oxygen atoms in total. The summed E-state index contributed by atoms with van der Waals surface area (Å²) in [5.74, 6) is -0.510. The molecular formula is C10H9N3O3. The van der Waals surface area contributed by atoms with E-state index in [1.807, 2.05) is 0 Å². The Hall–Kier alpha value is -2.37. The van der Waals surface area contributed by atoms with Gasteiger partial charge in [-0.25, -0.2) is 4.79 Å². The zero-order valence-corrected chi connectivity index (χ0v) is 8.51. The van der Waals surface area contributed by atoms with Gasteiger partial charge in [0.15, 0.2) is 0 Å². The Bertz CT molecular complexity index is 504. The van der Waals surface area contributed by atoms with E-state index in [2.05, 4.69) is 14.9 Å². The number of benzene rings is 1. The zero-order chi connectivity index (χ0) is 11.5. The van der Waals surface area contributed by atoms with Crippen LogP contribution in [0.15, 0.2) is 28.8 Å². The molecule has 2 rings (SSSR count). The van der Waals surface area contributed by atoms with Gasteiger partial charge in [0.1, 0.15) is 0 Å². The van der Waals surface area contributed by atoms with Crippen LogP contribution in [0.5, 0.6) is 0 Å². The minimum Gasteiger partial charge on any atom is -0.462 e.